The molecule has 1 heteroatoms. The van der Waals surface area contributed by atoms with Crippen LogP contribution in [0.3, 0.4) is 0 Å². The molecule has 140 valence electrons. The van der Waals surface area contributed by atoms with E-state index in [4.69, 9.17) is 0 Å². The van der Waals surface area contributed by atoms with Crippen molar-refractivity contribution in [1.82, 2.24) is 0 Å². The van der Waals surface area contributed by atoms with Crippen molar-refractivity contribution in [3.05, 3.63) is 0 Å². The van der Waals surface area contributed by atoms with E-state index in [-0.39, 0.29) is 0 Å². The summed E-state index contributed by atoms with van der Waals surface area (Å²) in [6.07, 6.45) is 23.6. The van der Waals surface area contributed by atoms with Gasteiger partial charge in [0.2, 0.25) is 0 Å². The molecule has 0 saturated heterocycles. The van der Waals surface area contributed by atoms with Gasteiger partial charge in [-0.05, 0) is 37.6 Å². The third-order valence-corrected chi connectivity index (χ3v) is 7.60. The zero-order valence-electron chi connectivity index (χ0n) is 16.8. The van der Waals surface area contributed by atoms with Crippen molar-refractivity contribution in [3.8, 4) is 0 Å². The summed E-state index contributed by atoms with van der Waals surface area (Å²) in [4.78, 5) is 0. The second-order valence-electron chi connectivity index (χ2n) is 7.20. The van der Waals surface area contributed by atoms with Crippen molar-refractivity contribution < 1.29 is 0 Å². The lowest BCUT2D eigenvalue weighted by molar-refractivity contribution is 0.531. The fourth-order valence-corrected chi connectivity index (χ4v) is 4.95. The Balaban J connectivity index is 3.02. The quantitative estimate of drug-likeness (QED) is 0.165. The Hall–Kier alpha value is 0.350. The number of unbranched alkanes of at least 4 members (excludes halogenated alkanes) is 15. The first kappa shape index (κ1) is 23.4. The Labute approximate surface area is 151 Å². The second kappa shape index (κ2) is 20.4. The molecule has 0 N–H and O–H groups in total. The van der Waals surface area contributed by atoms with Crippen LogP contribution in [0.2, 0.25) is 0 Å². The van der Waals surface area contributed by atoms with E-state index in [0.29, 0.717) is 0 Å². The van der Waals surface area contributed by atoms with Crippen LogP contribution in [0.15, 0.2) is 0 Å². The normalized spacial score (nSPS) is 11.5. The molecule has 0 fully saturated rings. The van der Waals surface area contributed by atoms with Gasteiger partial charge in [0, 0.05) is 0 Å². The minimum absolute atomic E-state index is 0.744. The molecule has 0 aromatic rings. The van der Waals surface area contributed by atoms with E-state index in [1.807, 2.05) is 0 Å². The maximum atomic E-state index is 2.36. The Bertz CT molecular complexity index is 198. The fourth-order valence-electron chi connectivity index (χ4n) is 3.35. The predicted octanol–water partition coefficient (Wildman–Crippen LogP) is 7.91. The molecule has 0 aromatic heterocycles. The summed E-state index contributed by atoms with van der Waals surface area (Å²) in [6, 6.07) is 0. The van der Waals surface area contributed by atoms with Crippen molar-refractivity contribution in [1.29, 1.82) is 0 Å². The van der Waals surface area contributed by atoms with Crippen molar-refractivity contribution in [2.75, 3.05) is 17.3 Å². The van der Waals surface area contributed by atoms with Crippen molar-refractivity contribution in [3.63, 3.8) is 0 Å². The predicted molar refractivity (Wildman–Crippen MR) is 113 cm³/mol. The highest BCUT2D eigenvalue weighted by atomic mass is 32.2. The van der Waals surface area contributed by atoms with E-state index in [0.717, 1.165) is 10.9 Å². The minimum atomic E-state index is 0.744. The van der Waals surface area contributed by atoms with E-state index in [9.17, 15) is 0 Å². The van der Waals surface area contributed by atoms with Gasteiger partial charge in [0.05, 0.1) is 0 Å². The summed E-state index contributed by atoms with van der Waals surface area (Å²) in [5.74, 6) is 4.33. The van der Waals surface area contributed by atoms with Crippen molar-refractivity contribution >= 4 is 10.9 Å². The average Bonchev–Trinajstić information content (AvgIpc) is 2.58. The molecule has 0 spiro atoms. The maximum Gasteiger partial charge on any atom is 0.108 e. The van der Waals surface area contributed by atoms with Gasteiger partial charge in [-0.3, -0.25) is 0 Å². The van der Waals surface area contributed by atoms with Gasteiger partial charge in [-0.25, -0.2) is 0 Å². The van der Waals surface area contributed by atoms with Crippen LogP contribution >= 0.6 is 0 Å². The monoisotopic (exact) mass is 343 g/mol. The van der Waals surface area contributed by atoms with Gasteiger partial charge in [-0.2, -0.15) is 0 Å². The van der Waals surface area contributed by atoms with Gasteiger partial charge >= 0.3 is 0 Å². The molecule has 0 unspecified atom stereocenters. The zero-order valence-corrected chi connectivity index (χ0v) is 17.7. The van der Waals surface area contributed by atoms with Gasteiger partial charge in [-0.15, -0.1) is 0 Å². The molecule has 0 atom stereocenters. The van der Waals surface area contributed by atoms with Gasteiger partial charge in [0.15, 0.2) is 0 Å². The Morgan fingerprint density at radius 1 is 0.391 bits per heavy atom. The van der Waals surface area contributed by atoms with Gasteiger partial charge in [-0.1, -0.05) is 96.8 Å². The van der Waals surface area contributed by atoms with E-state index in [1.54, 1.807) is 0 Å². The van der Waals surface area contributed by atoms with E-state index in [2.05, 4.69) is 20.8 Å². The Morgan fingerprint density at radius 3 is 1.00 bits per heavy atom. The molecule has 0 aliphatic carbocycles. The topological polar surface area (TPSA) is 0 Å². The van der Waals surface area contributed by atoms with Crippen molar-refractivity contribution in [2.24, 2.45) is 0 Å². The highest BCUT2D eigenvalue weighted by Crippen LogP contribution is 2.14. The van der Waals surface area contributed by atoms with Gasteiger partial charge in [0.25, 0.3) is 0 Å². The number of hydrogen-bond acceptors (Lipinski definition) is 0. The molecule has 0 nitrogen and oxygen atoms in total. The maximum absolute atomic E-state index is 2.36. The zero-order chi connectivity index (χ0) is 17.0. The lowest BCUT2D eigenvalue weighted by Crippen LogP contribution is -2.12. The molecule has 0 amide bonds. The van der Waals surface area contributed by atoms with E-state index < -0.39 is 0 Å². The molecule has 0 aromatic carbocycles. The van der Waals surface area contributed by atoms with Gasteiger partial charge in [0.1, 0.15) is 17.3 Å². The summed E-state index contributed by atoms with van der Waals surface area (Å²) in [5, 5.41) is 0. The lowest BCUT2D eigenvalue weighted by atomic mass is 10.0. The average molecular weight is 344 g/mol. The van der Waals surface area contributed by atoms with Crippen LogP contribution < -0.4 is 0 Å². The third kappa shape index (κ3) is 18.5. The molecule has 0 aliphatic rings. The minimum Gasteiger partial charge on any atom is -0.0654 e. The molecular weight excluding hydrogens is 296 g/mol. The largest absolute Gasteiger partial charge is 0.108 e. The summed E-state index contributed by atoms with van der Waals surface area (Å²) in [6.45, 7) is 7.02. The van der Waals surface area contributed by atoms with Crippen LogP contribution in [0.25, 0.3) is 0 Å². The smallest absolute Gasteiger partial charge is 0.0654 e. The molecule has 0 aliphatic heterocycles. The summed E-state index contributed by atoms with van der Waals surface area (Å²) >= 11 is 0. The van der Waals surface area contributed by atoms with Crippen LogP contribution in [0.4, 0.5) is 0 Å². The van der Waals surface area contributed by atoms with E-state index >= 15 is 0 Å². The molecule has 0 rings (SSSR count). The first-order chi connectivity index (χ1) is 11.3. The summed E-state index contributed by atoms with van der Waals surface area (Å²) < 4.78 is 0. The fraction of sp³-hybridized carbons (Fsp3) is 1.00. The third-order valence-electron chi connectivity index (χ3n) is 5.10. The van der Waals surface area contributed by atoms with Crippen molar-refractivity contribution in [2.45, 2.75) is 124 Å². The molecule has 0 saturated carbocycles. The molecule has 0 bridgehead atoms. The summed E-state index contributed by atoms with van der Waals surface area (Å²) in [7, 11) is 0.744. The first-order valence-electron chi connectivity index (χ1n) is 11.0. The Morgan fingerprint density at radius 2 is 0.696 bits per heavy atom. The van der Waals surface area contributed by atoms with Crippen LogP contribution in [-0.4, -0.2) is 17.3 Å². The standard InChI is InChI=1S/C22H47S/c1-4-7-8-9-10-11-12-13-14-15-16-17-18-19-20-21-22-23(5-2)6-3/h4-22H2,1-3H3/q+1. The van der Waals surface area contributed by atoms with Crippen LogP contribution in [0, 0.1) is 0 Å². The van der Waals surface area contributed by atoms with E-state index in [1.165, 1.54) is 120 Å². The SMILES string of the molecule is CCCCCCCCCCCCCCCCCC[S+](CC)CC. The van der Waals surface area contributed by atoms with Crippen LogP contribution in [-0.2, 0) is 10.9 Å². The molecule has 23 heavy (non-hydrogen) atoms. The summed E-state index contributed by atoms with van der Waals surface area (Å²) in [5.41, 5.74) is 0. The highest BCUT2D eigenvalue weighted by Gasteiger charge is 2.10. The number of hydrogen-bond donors (Lipinski definition) is 0. The van der Waals surface area contributed by atoms with Crippen LogP contribution in [0.1, 0.15) is 124 Å². The van der Waals surface area contributed by atoms with Gasteiger partial charge < -0.3 is 0 Å². The number of rotatable bonds is 19. The van der Waals surface area contributed by atoms with Crippen LogP contribution in [0.5, 0.6) is 0 Å². The molecular formula is C22H47S+. The lowest BCUT2D eigenvalue weighted by Gasteiger charge is -2.05. The Kier molecular flexibility index (Phi) is 20.7. The molecule has 0 radical (unpaired) electrons. The molecule has 0 heterocycles. The highest BCUT2D eigenvalue weighted by molar-refractivity contribution is 7.96. The first-order valence-corrected chi connectivity index (χ1v) is 12.7. The second-order valence-corrected chi connectivity index (χ2v) is 9.98.